The van der Waals surface area contributed by atoms with Gasteiger partial charge < -0.3 is 30.7 Å². The van der Waals surface area contributed by atoms with Crippen LogP contribution < -0.4 is 10.6 Å². The fourth-order valence-electron chi connectivity index (χ4n) is 3.67. The van der Waals surface area contributed by atoms with E-state index in [1.165, 1.54) is 6.33 Å². The van der Waals surface area contributed by atoms with Crippen LogP contribution in [0.3, 0.4) is 0 Å². The molecule has 2 aliphatic heterocycles. The molecular formula is C16H24N6O4. The quantitative estimate of drug-likeness (QED) is 0.553. The maximum absolute atomic E-state index is 10.5. The van der Waals surface area contributed by atoms with E-state index in [9.17, 15) is 15.3 Å². The number of aliphatic hydroxyl groups excluding tert-OH is 3. The number of ether oxygens (including phenoxy) is 1. The molecule has 0 unspecified atom stereocenters. The largest absolute Gasteiger partial charge is 0.394 e. The molecule has 2 aromatic rings. The average molecular weight is 364 g/mol. The van der Waals surface area contributed by atoms with Gasteiger partial charge in [0.2, 0.25) is 5.95 Å². The number of nitrogens with two attached hydrogens (primary N) is 1. The Morgan fingerprint density at radius 3 is 2.62 bits per heavy atom. The smallest absolute Gasteiger partial charge is 0.210 e. The van der Waals surface area contributed by atoms with E-state index in [0.717, 1.165) is 25.9 Å². The van der Waals surface area contributed by atoms with Crippen LogP contribution in [0, 0.1) is 5.92 Å². The molecule has 10 heteroatoms. The second-order valence-electron chi connectivity index (χ2n) is 7.11. The van der Waals surface area contributed by atoms with E-state index in [-0.39, 0.29) is 5.82 Å². The highest BCUT2D eigenvalue weighted by Gasteiger charge is 2.45. The Hall–Kier alpha value is -2.01. The molecule has 2 saturated heterocycles. The molecule has 0 radical (unpaired) electrons. The Morgan fingerprint density at radius 2 is 1.96 bits per heavy atom. The van der Waals surface area contributed by atoms with Gasteiger partial charge in [0.25, 0.3) is 0 Å². The van der Waals surface area contributed by atoms with Gasteiger partial charge in [-0.3, -0.25) is 4.57 Å². The van der Waals surface area contributed by atoms with Crippen molar-refractivity contribution < 1.29 is 20.1 Å². The van der Waals surface area contributed by atoms with Crippen LogP contribution in [0.25, 0.3) is 11.2 Å². The number of piperidine rings is 1. The van der Waals surface area contributed by atoms with Gasteiger partial charge in [-0.15, -0.1) is 0 Å². The molecule has 4 rings (SSSR count). The van der Waals surface area contributed by atoms with E-state index in [1.807, 2.05) is 0 Å². The lowest BCUT2D eigenvalue weighted by atomic mass is 10.00. The first kappa shape index (κ1) is 17.4. The van der Waals surface area contributed by atoms with Crippen molar-refractivity contribution in [2.24, 2.45) is 5.92 Å². The molecule has 0 aromatic carbocycles. The van der Waals surface area contributed by atoms with Crippen LogP contribution in [0.2, 0.25) is 0 Å². The van der Waals surface area contributed by atoms with Gasteiger partial charge in [-0.25, -0.2) is 15.0 Å². The number of nitrogen functional groups attached to an aromatic ring is 1. The monoisotopic (exact) mass is 364 g/mol. The van der Waals surface area contributed by atoms with Crippen molar-refractivity contribution in [3.8, 4) is 0 Å². The molecule has 2 fully saturated rings. The Bertz CT molecular complexity index is 790. The summed E-state index contributed by atoms with van der Waals surface area (Å²) in [6, 6.07) is 0. The topological polar surface area (TPSA) is 143 Å². The predicted octanol–water partition coefficient (Wildman–Crippen LogP) is -0.744. The third-order valence-electron chi connectivity index (χ3n) is 5.32. The molecule has 10 nitrogen and oxygen atoms in total. The van der Waals surface area contributed by atoms with Gasteiger partial charge in [0.05, 0.1) is 6.61 Å². The van der Waals surface area contributed by atoms with Gasteiger partial charge in [0.1, 0.15) is 24.6 Å². The minimum absolute atomic E-state index is 0.243. The van der Waals surface area contributed by atoms with E-state index in [2.05, 4.69) is 26.8 Å². The van der Waals surface area contributed by atoms with Crippen molar-refractivity contribution in [1.29, 1.82) is 0 Å². The standard InChI is InChI=1S/C16H24N6O4/c1-8-2-4-21(5-3-8)16-20-10-13(17)18-7-19-14(10)22(16)15-12(25)11(24)9(6-23)26-15/h7-9,11-12,15,23-25H,2-6H2,1H3,(H2,17,18,19)/t9-,11+,12+,15+/m0/s1. The van der Waals surface area contributed by atoms with E-state index in [0.29, 0.717) is 23.0 Å². The van der Waals surface area contributed by atoms with Crippen molar-refractivity contribution >= 4 is 22.9 Å². The lowest BCUT2D eigenvalue weighted by Gasteiger charge is -2.32. The summed E-state index contributed by atoms with van der Waals surface area (Å²) in [5.74, 6) is 1.46. The molecule has 0 amide bonds. The second kappa shape index (κ2) is 6.62. The third kappa shape index (κ3) is 2.69. The Morgan fingerprint density at radius 1 is 1.23 bits per heavy atom. The van der Waals surface area contributed by atoms with Crippen molar-refractivity contribution in [2.45, 2.75) is 44.3 Å². The molecule has 142 valence electrons. The van der Waals surface area contributed by atoms with E-state index >= 15 is 0 Å². The summed E-state index contributed by atoms with van der Waals surface area (Å²) in [5, 5.41) is 30.0. The first-order valence-corrected chi connectivity index (χ1v) is 8.87. The van der Waals surface area contributed by atoms with Crippen LogP contribution in [-0.2, 0) is 4.74 Å². The average Bonchev–Trinajstić information content (AvgIpc) is 3.15. The van der Waals surface area contributed by atoms with Crippen LogP contribution in [0.5, 0.6) is 0 Å². The summed E-state index contributed by atoms with van der Waals surface area (Å²) in [7, 11) is 0. The number of aromatic nitrogens is 4. The van der Waals surface area contributed by atoms with Crippen molar-refractivity contribution in [3.05, 3.63) is 6.33 Å². The number of hydrogen-bond acceptors (Lipinski definition) is 9. The van der Waals surface area contributed by atoms with Crippen LogP contribution in [0.1, 0.15) is 26.0 Å². The van der Waals surface area contributed by atoms with Crippen molar-refractivity contribution in [3.63, 3.8) is 0 Å². The molecule has 4 heterocycles. The van der Waals surface area contributed by atoms with Crippen molar-refractivity contribution in [2.75, 3.05) is 30.3 Å². The van der Waals surface area contributed by atoms with Gasteiger partial charge in [-0.2, -0.15) is 0 Å². The number of fused-ring (bicyclic) bond motifs is 1. The zero-order valence-electron chi connectivity index (χ0n) is 14.6. The zero-order valence-corrected chi connectivity index (χ0v) is 14.6. The summed E-state index contributed by atoms with van der Waals surface area (Å²) in [6.07, 6.45) is -0.824. The van der Waals surface area contributed by atoms with Gasteiger partial charge >= 0.3 is 0 Å². The molecular weight excluding hydrogens is 340 g/mol. The summed E-state index contributed by atoms with van der Waals surface area (Å²) >= 11 is 0. The summed E-state index contributed by atoms with van der Waals surface area (Å²) < 4.78 is 7.38. The molecule has 5 N–H and O–H groups in total. The van der Waals surface area contributed by atoms with E-state index in [1.54, 1.807) is 4.57 Å². The third-order valence-corrected chi connectivity index (χ3v) is 5.32. The highest BCUT2D eigenvalue weighted by Crippen LogP contribution is 2.37. The van der Waals surface area contributed by atoms with E-state index in [4.69, 9.17) is 10.5 Å². The van der Waals surface area contributed by atoms with Crippen LogP contribution in [0.4, 0.5) is 11.8 Å². The number of hydrogen-bond donors (Lipinski definition) is 4. The fraction of sp³-hybridized carbons (Fsp3) is 0.688. The SMILES string of the molecule is CC1CCN(c2nc3c(N)ncnc3n2[C@@H]2O[C@@H](CO)[C@@H](O)[C@H]2O)CC1. The Labute approximate surface area is 150 Å². The summed E-state index contributed by atoms with van der Waals surface area (Å²) in [6.45, 7) is 3.45. The number of imidazole rings is 1. The predicted molar refractivity (Wildman–Crippen MR) is 93.4 cm³/mol. The summed E-state index contributed by atoms with van der Waals surface area (Å²) in [5.41, 5.74) is 6.83. The molecule has 0 spiro atoms. The minimum atomic E-state index is -1.22. The lowest BCUT2D eigenvalue weighted by Crippen LogP contribution is -2.37. The number of nitrogens with zero attached hydrogens (tertiary/aromatic N) is 5. The maximum atomic E-state index is 10.5. The minimum Gasteiger partial charge on any atom is -0.394 e. The lowest BCUT2D eigenvalue weighted by molar-refractivity contribution is -0.0505. The highest BCUT2D eigenvalue weighted by atomic mass is 16.6. The van der Waals surface area contributed by atoms with Crippen LogP contribution in [-0.4, -0.2) is 72.8 Å². The van der Waals surface area contributed by atoms with Gasteiger partial charge in [0.15, 0.2) is 23.2 Å². The summed E-state index contributed by atoms with van der Waals surface area (Å²) in [4.78, 5) is 15.0. The van der Waals surface area contributed by atoms with Crippen LogP contribution in [0.15, 0.2) is 6.33 Å². The first-order chi connectivity index (χ1) is 12.5. The van der Waals surface area contributed by atoms with Gasteiger partial charge in [0, 0.05) is 13.1 Å². The van der Waals surface area contributed by atoms with E-state index < -0.39 is 31.1 Å². The molecule has 0 saturated carbocycles. The fourth-order valence-corrected chi connectivity index (χ4v) is 3.67. The number of aliphatic hydroxyl groups is 3. The molecule has 4 atom stereocenters. The zero-order chi connectivity index (χ0) is 18.4. The maximum Gasteiger partial charge on any atom is 0.210 e. The molecule has 0 bridgehead atoms. The Kier molecular flexibility index (Phi) is 4.43. The number of anilines is 2. The molecule has 2 aromatic heterocycles. The highest BCUT2D eigenvalue weighted by molar-refractivity contribution is 5.84. The Balaban J connectivity index is 1.81. The molecule has 0 aliphatic carbocycles. The normalized spacial score (nSPS) is 30.4. The number of rotatable bonds is 3. The first-order valence-electron chi connectivity index (χ1n) is 8.87. The van der Waals surface area contributed by atoms with Gasteiger partial charge in [-0.1, -0.05) is 6.92 Å². The van der Waals surface area contributed by atoms with Gasteiger partial charge in [-0.05, 0) is 18.8 Å². The van der Waals surface area contributed by atoms with Crippen LogP contribution >= 0.6 is 0 Å². The molecule has 26 heavy (non-hydrogen) atoms. The second-order valence-corrected chi connectivity index (χ2v) is 7.11. The van der Waals surface area contributed by atoms with Crippen molar-refractivity contribution in [1.82, 2.24) is 19.5 Å². The molecule has 2 aliphatic rings.